The molecule has 0 aromatic heterocycles. The molecule has 0 radical (unpaired) electrons. The molecule has 0 saturated carbocycles. The van der Waals surface area contributed by atoms with Crippen LogP contribution in [0.3, 0.4) is 0 Å². The molecular formula is C24H49KO4S. The van der Waals surface area contributed by atoms with Gasteiger partial charge in [-0.05, 0) is 19.3 Å². The Kier molecular flexibility index (Phi) is 26.6. The van der Waals surface area contributed by atoms with Gasteiger partial charge in [0.1, 0.15) is 0 Å². The third kappa shape index (κ3) is 22.7. The van der Waals surface area contributed by atoms with Crippen LogP contribution in [0, 0.1) is 0 Å². The minimum Gasteiger partial charge on any atom is -0.748 e. The molecule has 0 bridgehead atoms. The third-order valence-corrected chi connectivity index (χ3v) is 7.21. The molecule has 0 aromatic carbocycles. The molecule has 0 aliphatic carbocycles. The van der Waals surface area contributed by atoms with Gasteiger partial charge < -0.3 is 9.66 Å². The number of hydrogen-bond acceptors (Lipinski definition) is 4. The molecule has 0 fully saturated rings. The number of aliphatic hydroxyl groups is 1. The van der Waals surface area contributed by atoms with Gasteiger partial charge in [0, 0.05) is 0 Å². The van der Waals surface area contributed by atoms with Gasteiger partial charge in [-0.1, -0.05) is 123 Å². The van der Waals surface area contributed by atoms with Crippen molar-refractivity contribution >= 4 is 10.1 Å². The van der Waals surface area contributed by atoms with E-state index in [1.165, 1.54) is 77.0 Å². The summed E-state index contributed by atoms with van der Waals surface area (Å²) >= 11 is 0. The first-order chi connectivity index (χ1) is 13.9. The van der Waals surface area contributed by atoms with Crippen LogP contribution >= 0.6 is 0 Å². The van der Waals surface area contributed by atoms with Crippen molar-refractivity contribution in [3.63, 3.8) is 0 Å². The van der Waals surface area contributed by atoms with Gasteiger partial charge >= 0.3 is 51.4 Å². The zero-order valence-electron chi connectivity index (χ0n) is 20.4. The first kappa shape index (κ1) is 33.7. The Bertz CT molecular complexity index is 442. The number of aliphatic hydroxyl groups excluding tert-OH is 1. The van der Waals surface area contributed by atoms with E-state index in [1.54, 1.807) is 0 Å². The van der Waals surface area contributed by atoms with Crippen molar-refractivity contribution in [1.29, 1.82) is 0 Å². The third-order valence-electron chi connectivity index (χ3n) is 5.96. The largest absolute Gasteiger partial charge is 1.00 e. The van der Waals surface area contributed by atoms with E-state index in [0.717, 1.165) is 32.1 Å². The van der Waals surface area contributed by atoms with Crippen molar-refractivity contribution in [2.24, 2.45) is 0 Å². The summed E-state index contributed by atoms with van der Waals surface area (Å²) in [5.41, 5.74) is 0. The summed E-state index contributed by atoms with van der Waals surface area (Å²) in [6.07, 6.45) is 20.5. The Morgan fingerprint density at radius 1 is 0.633 bits per heavy atom. The standard InChI is InChI=1S/C24H50O4S.K/c1-3-5-7-9-11-13-15-17-19-21-24(29(26,27)28)22-23(25)20-18-16-14-12-10-8-6-4-2;/h23-25H,3-22H2,1-2H3,(H,26,27,28);/q;+1/p-1. The van der Waals surface area contributed by atoms with E-state index in [9.17, 15) is 18.1 Å². The van der Waals surface area contributed by atoms with E-state index in [2.05, 4.69) is 13.8 Å². The number of unbranched alkanes of at least 4 members (excludes halogenated alkanes) is 15. The second-order valence-corrected chi connectivity index (χ2v) is 10.5. The van der Waals surface area contributed by atoms with Gasteiger partial charge in [-0.3, -0.25) is 0 Å². The first-order valence-corrected chi connectivity index (χ1v) is 14.0. The molecule has 4 nitrogen and oxygen atoms in total. The van der Waals surface area contributed by atoms with Crippen molar-refractivity contribution in [2.75, 3.05) is 0 Å². The molecule has 0 heterocycles. The van der Waals surface area contributed by atoms with Crippen LogP contribution in [-0.4, -0.2) is 29.4 Å². The van der Waals surface area contributed by atoms with Gasteiger partial charge in [-0.15, -0.1) is 0 Å². The Morgan fingerprint density at radius 2 is 0.967 bits per heavy atom. The van der Waals surface area contributed by atoms with E-state index in [0.29, 0.717) is 12.8 Å². The molecule has 0 spiro atoms. The Labute approximate surface area is 230 Å². The fraction of sp³-hybridized carbons (Fsp3) is 1.00. The normalized spacial score (nSPS) is 13.7. The topological polar surface area (TPSA) is 77.4 Å². The summed E-state index contributed by atoms with van der Waals surface area (Å²) in [5.74, 6) is 0. The molecule has 0 amide bonds. The van der Waals surface area contributed by atoms with Crippen LogP contribution in [0.1, 0.15) is 142 Å². The number of hydrogen-bond donors (Lipinski definition) is 1. The molecule has 0 aromatic rings. The molecule has 2 unspecified atom stereocenters. The summed E-state index contributed by atoms with van der Waals surface area (Å²) in [5, 5.41) is 9.28. The van der Waals surface area contributed by atoms with E-state index in [1.807, 2.05) is 0 Å². The molecule has 0 rings (SSSR count). The second kappa shape index (κ2) is 23.7. The quantitative estimate of drug-likeness (QED) is 0.146. The zero-order chi connectivity index (χ0) is 21.8. The van der Waals surface area contributed by atoms with Crippen molar-refractivity contribution in [2.45, 2.75) is 154 Å². The summed E-state index contributed by atoms with van der Waals surface area (Å²) in [6, 6.07) is 0. The van der Waals surface area contributed by atoms with Gasteiger partial charge in [-0.25, -0.2) is 8.42 Å². The van der Waals surface area contributed by atoms with Crippen LogP contribution < -0.4 is 51.4 Å². The fourth-order valence-electron chi connectivity index (χ4n) is 4.00. The Morgan fingerprint density at radius 3 is 1.33 bits per heavy atom. The maximum atomic E-state index is 11.6. The van der Waals surface area contributed by atoms with Crippen molar-refractivity contribution in [1.82, 2.24) is 0 Å². The van der Waals surface area contributed by atoms with E-state index >= 15 is 0 Å². The average molecular weight is 473 g/mol. The summed E-state index contributed by atoms with van der Waals surface area (Å²) in [4.78, 5) is 0. The summed E-state index contributed by atoms with van der Waals surface area (Å²) in [7, 11) is -4.33. The van der Waals surface area contributed by atoms with Crippen LogP contribution in [0.25, 0.3) is 0 Å². The minimum atomic E-state index is -4.33. The van der Waals surface area contributed by atoms with Gasteiger partial charge in [0.15, 0.2) is 0 Å². The van der Waals surface area contributed by atoms with Crippen LogP contribution in [0.4, 0.5) is 0 Å². The van der Waals surface area contributed by atoms with Crippen molar-refractivity contribution < 1.29 is 69.5 Å². The van der Waals surface area contributed by atoms with Gasteiger partial charge in [0.05, 0.1) is 21.5 Å². The summed E-state index contributed by atoms with van der Waals surface area (Å²) < 4.78 is 34.7. The molecule has 0 aliphatic rings. The molecule has 2 atom stereocenters. The van der Waals surface area contributed by atoms with Crippen LogP contribution in [0.2, 0.25) is 0 Å². The van der Waals surface area contributed by atoms with E-state index in [4.69, 9.17) is 0 Å². The molecule has 6 heteroatoms. The van der Waals surface area contributed by atoms with Crippen molar-refractivity contribution in [3.8, 4) is 0 Å². The summed E-state index contributed by atoms with van der Waals surface area (Å²) in [6.45, 7) is 4.43. The van der Waals surface area contributed by atoms with E-state index < -0.39 is 21.5 Å². The zero-order valence-corrected chi connectivity index (χ0v) is 24.3. The maximum Gasteiger partial charge on any atom is 1.00 e. The first-order valence-electron chi connectivity index (χ1n) is 12.5. The Balaban J connectivity index is 0. The molecule has 1 N–H and O–H groups in total. The number of rotatable bonds is 22. The van der Waals surface area contributed by atoms with Gasteiger partial charge in [0.25, 0.3) is 0 Å². The average Bonchev–Trinajstić information content (AvgIpc) is 2.67. The van der Waals surface area contributed by atoms with Gasteiger partial charge in [-0.2, -0.15) is 0 Å². The molecule has 0 aliphatic heterocycles. The van der Waals surface area contributed by atoms with Crippen LogP contribution in [0.15, 0.2) is 0 Å². The van der Waals surface area contributed by atoms with Gasteiger partial charge in [0.2, 0.25) is 0 Å². The maximum absolute atomic E-state index is 11.6. The molecule has 30 heavy (non-hydrogen) atoms. The van der Waals surface area contributed by atoms with Crippen LogP contribution in [-0.2, 0) is 10.1 Å². The monoisotopic (exact) mass is 472 g/mol. The fourth-order valence-corrected chi connectivity index (χ4v) is 4.91. The minimum absolute atomic E-state index is 0. The second-order valence-electron chi connectivity index (χ2n) is 8.88. The van der Waals surface area contributed by atoms with Crippen molar-refractivity contribution in [3.05, 3.63) is 0 Å². The molecule has 0 saturated heterocycles. The van der Waals surface area contributed by atoms with Crippen LogP contribution in [0.5, 0.6) is 0 Å². The Hall–Kier alpha value is 1.51. The SMILES string of the molecule is CCCCCCCCCCCC(CC(O)CCCCCCCCCC)S(=O)(=O)[O-].[K+]. The smallest absolute Gasteiger partial charge is 0.748 e. The van der Waals surface area contributed by atoms with E-state index in [-0.39, 0.29) is 57.8 Å². The molecular weight excluding hydrogens is 423 g/mol. The predicted molar refractivity (Wildman–Crippen MR) is 123 cm³/mol. The predicted octanol–water partition coefficient (Wildman–Crippen LogP) is 4.11. The molecule has 176 valence electrons.